The van der Waals surface area contributed by atoms with E-state index in [0.717, 1.165) is 36.7 Å². The Labute approximate surface area is 117 Å². The number of nitrogens with one attached hydrogen (secondary N) is 1. The van der Waals surface area contributed by atoms with Gasteiger partial charge in [-0.3, -0.25) is 0 Å². The number of halogens is 1. The first-order valence-corrected chi connectivity index (χ1v) is 6.05. The van der Waals surface area contributed by atoms with E-state index < -0.39 is 0 Å². The van der Waals surface area contributed by atoms with E-state index in [1.807, 2.05) is 24.3 Å². The van der Waals surface area contributed by atoms with Crippen LogP contribution in [0.3, 0.4) is 0 Å². The minimum absolute atomic E-state index is 0. The van der Waals surface area contributed by atoms with Crippen molar-refractivity contribution in [1.29, 1.82) is 0 Å². The molecule has 0 amide bonds. The van der Waals surface area contributed by atoms with Crippen molar-refractivity contribution in [3.63, 3.8) is 0 Å². The first kappa shape index (κ1) is 13.8. The standard InChI is InChI=1S/C13H15N3O2.ClH/c1-17-11-4-2-9(3-5-11)12-15-13(18-16-12)10-6-7-14-8-10;/h2-5,10,14H,6-8H2,1H3;1H. The highest BCUT2D eigenvalue weighted by molar-refractivity contribution is 5.85. The van der Waals surface area contributed by atoms with E-state index in [2.05, 4.69) is 15.5 Å². The second kappa shape index (κ2) is 6.04. The summed E-state index contributed by atoms with van der Waals surface area (Å²) in [6, 6.07) is 7.64. The second-order valence-corrected chi connectivity index (χ2v) is 4.37. The molecule has 0 radical (unpaired) electrons. The van der Waals surface area contributed by atoms with Crippen molar-refractivity contribution in [1.82, 2.24) is 15.5 Å². The van der Waals surface area contributed by atoms with Gasteiger partial charge in [0.25, 0.3) is 0 Å². The summed E-state index contributed by atoms with van der Waals surface area (Å²) in [6.45, 7) is 1.94. The molecule has 0 aliphatic carbocycles. The number of hydrogen-bond acceptors (Lipinski definition) is 5. The monoisotopic (exact) mass is 281 g/mol. The molecule has 0 bridgehead atoms. The van der Waals surface area contributed by atoms with E-state index in [-0.39, 0.29) is 12.4 Å². The Balaban J connectivity index is 0.00000133. The van der Waals surface area contributed by atoms with Gasteiger partial charge in [-0.05, 0) is 37.2 Å². The smallest absolute Gasteiger partial charge is 0.231 e. The van der Waals surface area contributed by atoms with Crippen molar-refractivity contribution in [2.75, 3.05) is 20.2 Å². The van der Waals surface area contributed by atoms with Gasteiger partial charge in [0.05, 0.1) is 13.0 Å². The van der Waals surface area contributed by atoms with Gasteiger partial charge in [0.2, 0.25) is 11.7 Å². The average molecular weight is 282 g/mol. The van der Waals surface area contributed by atoms with Crippen molar-refractivity contribution in [3.05, 3.63) is 30.2 Å². The van der Waals surface area contributed by atoms with Crippen LogP contribution in [-0.2, 0) is 0 Å². The van der Waals surface area contributed by atoms with Gasteiger partial charge >= 0.3 is 0 Å². The lowest BCUT2D eigenvalue weighted by Crippen LogP contribution is -2.08. The molecule has 1 aromatic carbocycles. The van der Waals surface area contributed by atoms with Crippen molar-refractivity contribution >= 4 is 12.4 Å². The van der Waals surface area contributed by atoms with Gasteiger partial charge in [-0.15, -0.1) is 12.4 Å². The molecule has 1 aromatic heterocycles. The lowest BCUT2D eigenvalue weighted by Gasteiger charge is -2.00. The predicted octanol–water partition coefficient (Wildman–Crippen LogP) is 2.24. The molecule has 1 atom stereocenters. The lowest BCUT2D eigenvalue weighted by atomic mass is 10.1. The third-order valence-corrected chi connectivity index (χ3v) is 3.20. The SMILES string of the molecule is COc1ccc(-c2noc(C3CCNC3)n2)cc1.Cl. The molecule has 6 heteroatoms. The van der Waals surface area contributed by atoms with Gasteiger partial charge in [0.15, 0.2) is 0 Å². The molecule has 2 heterocycles. The van der Waals surface area contributed by atoms with Gasteiger partial charge < -0.3 is 14.6 Å². The third-order valence-electron chi connectivity index (χ3n) is 3.20. The Morgan fingerprint density at radius 1 is 1.32 bits per heavy atom. The zero-order chi connectivity index (χ0) is 12.4. The molecule has 1 saturated heterocycles. The Morgan fingerprint density at radius 3 is 2.74 bits per heavy atom. The van der Waals surface area contributed by atoms with E-state index >= 15 is 0 Å². The average Bonchev–Trinajstić information content (AvgIpc) is 3.09. The highest BCUT2D eigenvalue weighted by Gasteiger charge is 2.22. The fourth-order valence-electron chi connectivity index (χ4n) is 2.12. The first-order valence-electron chi connectivity index (χ1n) is 6.05. The summed E-state index contributed by atoms with van der Waals surface area (Å²) < 4.78 is 10.4. The zero-order valence-corrected chi connectivity index (χ0v) is 11.4. The summed E-state index contributed by atoms with van der Waals surface area (Å²) in [5, 5.41) is 7.32. The summed E-state index contributed by atoms with van der Waals surface area (Å²) in [5.74, 6) is 2.54. The molecule has 1 N–H and O–H groups in total. The van der Waals surface area contributed by atoms with Crippen LogP contribution in [0.4, 0.5) is 0 Å². The highest BCUT2D eigenvalue weighted by atomic mass is 35.5. The minimum atomic E-state index is 0. The molecular weight excluding hydrogens is 266 g/mol. The number of methoxy groups -OCH3 is 1. The van der Waals surface area contributed by atoms with Crippen LogP contribution in [0.15, 0.2) is 28.8 Å². The van der Waals surface area contributed by atoms with Crippen LogP contribution >= 0.6 is 12.4 Å². The fraction of sp³-hybridized carbons (Fsp3) is 0.385. The normalized spacial score (nSPS) is 18.1. The van der Waals surface area contributed by atoms with Crippen LogP contribution in [0.25, 0.3) is 11.4 Å². The molecule has 2 aromatic rings. The third kappa shape index (κ3) is 2.88. The summed E-state index contributed by atoms with van der Waals surface area (Å²) in [4.78, 5) is 4.46. The maximum Gasteiger partial charge on any atom is 0.231 e. The van der Waals surface area contributed by atoms with Crippen LogP contribution in [0.1, 0.15) is 18.2 Å². The van der Waals surface area contributed by atoms with E-state index in [9.17, 15) is 0 Å². The number of aromatic nitrogens is 2. The summed E-state index contributed by atoms with van der Waals surface area (Å²) in [7, 11) is 1.65. The predicted molar refractivity (Wildman–Crippen MR) is 73.8 cm³/mol. The maximum absolute atomic E-state index is 5.33. The highest BCUT2D eigenvalue weighted by Crippen LogP contribution is 2.24. The van der Waals surface area contributed by atoms with Crippen LogP contribution < -0.4 is 10.1 Å². The Morgan fingerprint density at radius 2 is 2.11 bits per heavy atom. The molecular formula is C13H16ClN3O2. The summed E-state index contributed by atoms with van der Waals surface area (Å²) >= 11 is 0. The van der Waals surface area contributed by atoms with Crippen LogP contribution in [-0.4, -0.2) is 30.3 Å². The van der Waals surface area contributed by atoms with Crippen LogP contribution in [0.2, 0.25) is 0 Å². The molecule has 0 saturated carbocycles. The Kier molecular flexibility index (Phi) is 4.39. The van der Waals surface area contributed by atoms with Crippen molar-refractivity contribution in [2.24, 2.45) is 0 Å². The molecule has 0 spiro atoms. The maximum atomic E-state index is 5.33. The van der Waals surface area contributed by atoms with Gasteiger partial charge in [-0.25, -0.2) is 0 Å². The Hall–Kier alpha value is -1.59. The van der Waals surface area contributed by atoms with E-state index in [1.165, 1.54) is 0 Å². The van der Waals surface area contributed by atoms with Crippen molar-refractivity contribution in [2.45, 2.75) is 12.3 Å². The topological polar surface area (TPSA) is 60.2 Å². The fourth-order valence-corrected chi connectivity index (χ4v) is 2.12. The zero-order valence-electron chi connectivity index (χ0n) is 10.6. The van der Waals surface area contributed by atoms with E-state index in [4.69, 9.17) is 9.26 Å². The van der Waals surface area contributed by atoms with Crippen LogP contribution in [0.5, 0.6) is 5.75 Å². The molecule has 3 rings (SSSR count). The van der Waals surface area contributed by atoms with Crippen molar-refractivity contribution < 1.29 is 9.26 Å². The molecule has 102 valence electrons. The summed E-state index contributed by atoms with van der Waals surface area (Å²) in [5.41, 5.74) is 0.941. The lowest BCUT2D eigenvalue weighted by molar-refractivity contribution is 0.359. The number of ether oxygens (including phenoxy) is 1. The first-order chi connectivity index (χ1) is 8.86. The molecule has 1 fully saturated rings. The molecule has 1 aliphatic rings. The second-order valence-electron chi connectivity index (χ2n) is 4.37. The quantitative estimate of drug-likeness (QED) is 0.935. The molecule has 1 aliphatic heterocycles. The number of benzene rings is 1. The van der Waals surface area contributed by atoms with Gasteiger partial charge in [0, 0.05) is 12.1 Å². The largest absolute Gasteiger partial charge is 0.497 e. The van der Waals surface area contributed by atoms with Crippen LogP contribution in [0, 0.1) is 0 Å². The molecule has 19 heavy (non-hydrogen) atoms. The minimum Gasteiger partial charge on any atom is -0.497 e. The van der Waals surface area contributed by atoms with Gasteiger partial charge in [-0.2, -0.15) is 4.98 Å². The molecule has 1 unspecified atom stereocenters. The van der Waals surface area contributed by atoms with Gasteiger partial charge in [-0.1, -0.05) is 5.16 Å². The van der Waals surface area contributed by atoms with E-state index in [0.29, 0.717) is 11.7 Å². The Bertz CT molecular complexity index is 521. The van der Waals surface area contributed by atoms with Crippen molar-refractivity contribution in [3.8, 4) is 17.1 Å². The summed E-state index contributed by atoms with van der Waals surface area (Å²) in [6.07, 6.45) is 1.06. The number of rotatable bonds is 3. The number of hydrogen-bond donors (Lipinski definition) is 1. The molecule has 5 nitrogen and oxygen atoms in total. The van der Waals surface area contributed by atoms with E-state index in [1.54, 1.807) is 7.11 Å². The van der Waals surface area contributed by atoms with Gasteiger partial charge in [0.1, 0.15) is 5.75 Å². The number of nitrogens with zero attached hydrogens (tertiary/aromatic N) is 2.